The van der Waals surface area contributed by atoms with E-state index in [9.17, 15) is 4.79 Å². The number of carbonyl (C=O) groups excluding carboxylic acids is 1. The first-order valence-electron chi connectivity index (χ1n) is 6.75. The van der Waals surface area contributed by atoms with Gasteiger partial charge >= 0.3 is 0 Å². The molecular formula is C17H20N2O. The van der Waals surface area contributed by atoms with Crippen LogP contribution in [0.4, 0.5) is 11.4 Å². The monoisotopic (exact) mass is 268 g/mol. The number of anilines is 2. The predicted octanol–water partition coefficient (Wildman–Crippen LogP) is 4.13. The fourth-order valence-corrected chi connectivity index (χ4v) is 2.16. The molecule has 1 unspecified atom stereocenters. The van der Waals surface area contributed by atoms with Gasteiger partial charge in [-0.05, 0) is 37.6 Å². The van der Waals surface area contributed by atoms with Gasteiger partial charge in [-0.1, -0.05) is 35.9 Å². The Morgan fingerprint density at radius 3 is 2.45 bits per heavy atom. The van der Waals surface area contributed by atoms with Gasteiger partial charge in [-0.2, -0.15) is 0 Å². The number of hydrogen-bond acceptors (Lipinski definition) is 2. The standard InChI is InChI=1S/C17H20N2O/c1-12-6-4-7-15(10-12)13(2)18-16-8-5-9-17(11-16)19-14(3)20/h4-11,13,18H,1-3H3,(H,19,20). The zero-order valence-corrected chi connectivity index (χ0v) is 12.1. The molecule has 1 amide bonds. The van der Waals surface area contributed by atoms with Crippen molar-refractivity contribution in [3.8, 4) is 0 Å². The molecule has 0 aliphatic heterocycles. The number of rotatable bonds is 4. The fraction of sp³-hybridized carbons (Fsp3) is 0.235. The van der Waals surface area contributed by atoms with Crippen molar-refractivity contribution in [2.24, 2.45) is 0 Å². The van der Waals surface area contributed by atoms with Crippen LogP contribution in [-0.2, 0) is 4.79 Å². The molecule has 0 aromatic heterocycles. The van der Waals surface area contributed by atoms with E-state index in [1.807, 2.05) is 24.3 Å². The van der Waals surface area contributed by atoms with E-state index < -0.39 is 0 Å². The van der Waals surface area contributed by atoms with Crippen LogP contribution >= 0.6 is 0 Å². The van der Waals surface area contributed by atoms with Crippen LogP contribution in [0.5, 0.6) is 0 Å². The second-order valence-electron chi connectivity index (χ2n) is 5.04. The summed E-state index contributed by atoms with van der Waals surface area (Å²) < 4.78 is 0. The highest BCUT2D eigenvalue weighted by Gasteiger charge is 2.06. The summed E-state index contributed by atoms with van der Waals surface area (Å²) in [6, 6.07) is 16.4. The van der Waals surface area contributed by atoms with E-state index in [4.69, 9.17) is 0 Å². The third-order valence-electron chi connectivity index (χ3n) is 3.11. The van der Waals surface area contributed by atoms with E-state index in [1.54, 1.807) is 0 Å². The minimum Gasteiger partial charge on any atom is -0.378 e. The molecule has 2 aromatic rings. The molecule has 0 heterocycles. The Labute approximate surface area is 120 Å². The average Bonchev–Trinajstić information content (AvgIpc) is 2.38. The van der Waals surface area contributed by atoms with Crippen LogP contribution in [0.1, 0.15) is 31.0 Å². The number of aryl methyl sites for hydroxylation is 1. The summed E-state index contributed by atoms with van der Waals surface area (Å²) in [5, 5.41) is 6.24. The molecule has 0 radical (unpaired) electrons. The number of nitrogens with one attached hydrogen (secondary N) is 2. The highest BCUT2D eigenvalue weighted by Crippen LogP contribution is 2.22. The average molecular weight is 268 g/mol. The van der Waals surface area contributed by atoms with Gasteiger partial charge in [0.15, 0.2) is 0 Å². The van der Waals surface area contributed by atoms with Gasteiger partial charge in [0.2, 0.25) is 5.91 Å². The summed E-state index contributed by atoms with van der Waals surface area (Å²) in [4.78, 5) is 11.1. The van der Waals surface area contributed by atoms with Crippen LogP contribution in [-0.4, -0.2) is 5.91 Å². The molecule has 104 valence electrons. The number of carbonyl (C=O) groups is 1. The molecule has 3 heteroatoms. The predicted molar refractivity (Wildman–Crippen MR) is 84.0 cm³/mol. The summed E-state index contributed by atoms with van der Waals surface area (Å²) in [6.07, 6.45) is 0. The van der Waals surface area contributed by atoms with Crippen molar-refractivity contribution in [2.75, 3.05) is 10.6 Å². The van der Waals surface area contributed by atoms with Gasteiger partial charge in [0.25, 0.3) is 0 Å². The van der Waals surface area contributed by atoms with Crippen LogP contribution in [0.2, 0.25) is 0 Å². The molecule has 20 heavy (non-hydrogen) atoms. The number of amides is 1. The van der Waals surface area contributed by atoms with Crippen LogP contribution in [0.25, 0.3) is 0 Å². The summed E-state index contributed by atoms with van der Waals surface area (Å²) in [5.41, 5.74) is 4.29. The van der Waals surface area contributed by atoms with Gasteiger partial charge in [0, 0.05) is 24.3 Å². The summed E-state index contributed by atoms with van der Waals surface area (Å²) in [6.45, 7) is 5.73. The lowest BCUT2D eigenvalue weighted by atomic mass is 10.1. The second-order valence-corrected chi connectivity index (χ2v) is 5.04. The smallest absolute Gasteiger partial charge is 0.221 e. The van der Waals surface area contributed by atoms with Gasteiger partial charge in [-0.25, -0.2) is 0 Å². The van der Waals surface area contributed by atoms with Gasteiger partial charge < -0.3 is 10.6 Å². The maximum atomic E-state index is 11.1. The highest BCUT2D eigenvalue weighted by atomic mass is 16.1. The number of benzene rings is 2. The molecule has 1 atom stereocenters. The lowest BCUT2D eigenvalue weighted by Crippen LogP contribution is -2.08. The van der Waals surface area contributed by atoms with Crippen molar-refractivity contribution in [1.82, 2.24) is 0 Å². The van der Waals surface area contributed by atoms with Crippen LogP contribution in [0, 0.1) is 6.92 Å². The maximum Gasteiger partial charge on any atom is 0.221 e. The van der Waals surface area contributed by atoms with Crippen molar-refractivity contribution in [1.29, 1.82) is 0 Å². The van der Waals surface area contributed by atoms with E-state index in [2.05, 4.69) is 48.7 Å². The SMILES string of the molecule is CC(=O)Nc1cccc(NC(C)c2cccc(C)c2)c1. The van der Waals surface area contributed by atoms with Crippen molar-refractivity contribution >= 4 is 17.3 Å². The van der Waals surface area contributed by atoms with E-state index in [1.165, 1.54) is 18.1 Å². The van der Waals surface area contributed by atoms with Gasteiger partial charge in [-0.3, -0.25) is 4.79 Å². The molecule has 3 nitrogen and oxygen atoms in total. The molecule has 0 fully saturated rings. The Balaban J connectivity index is 2.11. The van der Waals surface area contributed by atoms with Crippen molar-refractivity contribution in [3.63, 3.8) is 0 Å². The Morgan fingerprint density at radius 2 is 1.75 bits per heavy atom. The van der Waals surface area contributed by atoms with Crippen LogP contribution in [0.3, 0.4) is 0 Å². The van der Waals surface area contributed by atoms with Gasteiger partial charge in [-0.15, -0.1) is 0 Å². The molecule has 0 bridgehead atoms. The molecule has 0 saturated carbocycles. The second kappa shape index (κ2) is 6.24. The normalized spacial score (nSPS) is 11.8. The largest absolute Gasteiger partial charge is 0.378 e. The zero-order valence-electron chi connectivity index (χ0n) is 12.1. The first kappa shape index (κ1) is 14.1. The molecule has 2 N–H and O–H groups in total. The minimum atomic E-state index is -0.0612. The Bertz CT molecular complexity index is 607. The number of hydrogen-bond donors (Lipinski definition) is 2. The fourth-order valence-electron chi connectivity index (χ4n) is 2.16. The third-order valence-corrected chi connectivity index (χ3v) is 3.11. The van der Waals surface area contributed by atoms with Crippen molar-refractivity contribution in [2.45, 2.75) is 26.8 Å². The molecule has 0 saturated heterocycles. The first-order valence-corrected chi connectivity index (χ1v) is 6.75. The summed E-state index contributed by atoms with van der Waals surface area (Å²) in [7, 11) is 0. The van der Waals surface area contributed by atoms with Crippen molar-refractivity contribution < 1.29 is 4.79 Å². The summed E-state index contributed by atoms with van der Waals surface area (Å²) >= 11 is 0. The minimum absolute atomic E-state index is 0.0612. The molecule has 2 rings (SSSR count). The molecule has 0 aliphatic carbocycles. The first-order chi connectivity index (χ1) is 9.54. The van der Waals surface area contributed by atoms with E-state index in [-0.39, 0.29) is 11.9 Å². The highest BCUT2D eigenvalue weighted by molar-refractivity contribution is 5.89. The zero-order chi connectivity index (χ0) is 14.5. The van der Waals surface area contributed by atoms with E-state index in [0.29, 0.717) is 0 Å². The lowest BCUT2D eigenvalue weighted by molar-refractivity contribution is -0.114. The van der Waals surface area contributed by atoms with E-state index >= 15 is 0 Å². The molecular weight excluding hydrogens is 248 g/mol. The maximum absolute atomic E-state index is 11.1. The Hall–Kier alpha value is -2.29. The van der Waals surface area contributed by atoms with Crippen molar-refractivity contribution in [3.05, 3.63) is 59.7 Å². The van der Waals surface area contributed by atoms with E-state index in [0.717, 1.165) is 11.4 Å². The Kier molecular flexibility index (Phi) is 4.41. The molecule has 0 spiro atoms. The third kappa shape index (κ3) is 3.85. The molecule has 0 aliphatic rings. The molecule has 2 aromatic carbocycles. The van der Waals surface area contributed by atoms with Gasteiger partial charge in [0.05, 0.1) is 0 Å². The summed E-state index contributed by atoms with van der Waals surface area (Å²) in [5.74, 6) is -0.0612. The quantitative estimate of drug-likeness (QED) is 0.875. The van der Waals surface area contributed by atoms with Gasteiger partial charge in [0.1, 0.15) is 0 Å². The Morgan fingerprint density at radius 1 is 1.05 bits per heavy atom. The van der Waals surface area contributed by atoms with Crippen LogP contribution in [0.15, 0.2) is 48.5 Å². The topological polar surface area (TPSA) is 41.1 Å². The van der Waals surface area contributed by atoms with Crippen LogP contribution < -0.4 is 10.6 Å². The lowest BCUT2D eigenvalue weighted by Gasteiger charge is -2.17.